The number of nitrogens with one attached hydrogen (secondary N) is 1. The lowest BCUT2D eigenvalue weighted by atomic mass is 10.0. The van der Waals surface area contributed by atoms with Crippen LogP contribution >= 0.6 is 11.6 Å². The average Bonchev–Trinajstić information content (AvgIpc) is 2.62. The molecule has 1 aromatic carbocycles. The highest BCUT2D eigenvalue weighted by atomic mass is 35.5. The molecule has 132 valence electrons. The maximum absolute atomic E-state index is 12.7. The number of methoxy groups -OCH3 is 1. The van der Waals surface area contributed by atoms with Crippen LogP contribution in [0.5, 0.6) is 5.88 Å². The number of hydrogen-bond acceptors (Lipinski definition) is 5. The summed E-state index contributed by atoms with van der Waals surface area (Å²) in [6.45, 7) is 2.20. The molecule has 1 amide bonds. The number of carbonyl (C=O) groups excluding carboxylic acids is 2. The second-order valence-electron chi connectivity index (χ2n) is 5.15. The van der Waals surface area contributed by atoms with Gasteiger partial charge in [0.15, 0.2) is 0 Å². The number of esters is 1. The van der Waals surface area contributed by atoms with Crippen molar-refractivity contribution in [2.75, 3.05) is 13.7 Å². The molecular formula is C18H19ClN2O4. The minimum atomic E-state index is -0.563. The van der Waals surface area contributed by atoms with Crippen molar-refractivity contribution >= 4 is 23.5 Å². The quantitative estimate of drug-likeness (QED) is 0.765. The molecule has 6 nitrogen and oxygen atoms in total. The van der Waals surface area contributed by atoms with Crippen LogP contribution in [-0.2, 0) is 9.53 Å². The number of pyridine rings is 1. The molecule has 1 atom stereocenters. The summed E-state index contributed by atoms with van der Waals surface area (Å²) in [6.07, 6.45) is 1.54. The van der Waals surface area contributed by atoms with Crippen molar-refractivity contribution in [2.24, 2.45) is 0 Å². The third-order valence-electron chi connectivity index (χ3n) is 3.47. The Hall–Kier alpha value is -2.60. The second kappa shape index (κ2) is 9.03. The monoisotopic (exact) mass is 362 g/mol. The van der Waals surface area contributed by atoms with Crippen molar-refractivity contribution in [2.45, 2.75) is 19.4 Å². The van der Waals surface area contributed by atoms with E-state index in [4.69, 9.17) is 21.1 Å². The number of aromatic nitrogens is 1. The zero-order valence-electron chi connectivity index (χ0n) is 14.0. The first kappa shape index (κ1) is 18.7. The summed E-state index contributed by atoms with van der Waals surface area (Å²) in [4.78, 5) is 28.4. The van der Waals surface area contributed by atoms with Gasteiger partial charge in [0.25, 0.3) is 5.91 Å². The third-order valence-corrected chi connectivity index (χ3v) is 3.72. The van der Waals surface area contributed by atoms with E-state index in [2.05, 4.69) is 10.3 Å². The lowest BCUT2D eigenvalue weighted by Crippen LogP contribution is -2.31. The van der Waals surface area contributed by atoms with Crippen LogP contribution in [0.3, 0.4) is 0 Å². The Bertz CT molecular complexity index is 734. The smallest absolute Gasteiger partial charge is 0.307 e. The van der Waals surface area contributed by atoms with Gasteiger partial charge >= 0.3 is 5.97 Å². The summed E-state index contributed by atoms with van der Waals surface area (Å²) in [5, 5.41) is 3.40. The molecule has 0 saturated carbocycles. The second-order valence-corrected chi connectivity index (χ2v) is 5.58. The van der Waals surface area contributed by atoms with E-state index in [-0.39, 0.29) is 18.2 Å². The molecule has 7 heteroatoms. The first-order valence-corrected chi connectivity index (χ1v) is 8.14. The molecule has 0 radical (unpaired) electrons. The maximum atomic E-state index is 12.7. The van der Waals surface area contributed by atoms with E-state index < -0.39 is 12.0 Å². The van der Waals surface area contributed by atoms with E-state index >= 15 is 0 Å². The third kappa shape index (κ3) is 5.19. The standard InChI is InChI=1S/C18H19ClN2O4/c1-3-25-18-14(5-4-10-20-18)17(23)21-15(11-16(22)24-2)12-6-8-13(19)9-7-12/h4-10,15H,3,11H2,1-2H3,(H,21,23). The largest absolute Gasteiger partial charge is 0.477 e. The molecule has 1 aromatic heterocycles. The van der Waals surface area contributed by atoms with Gasteiger partial charge in [-0.05, 0) is 36.8 Å². The zero-order valence-corrected chi connectivity index (χ0v) is 14.7. The normalized spacial score (nSPS) is 11.5. The van der Waals surface area contributed by atoms with Gasteiger partial charge in [0.05, 0.1) is 26.2 Å². The SMILES string of the molecule is CCOc1ncccc1C(=O)NC(CC(=O)OC)c1ccc(Cl)cc1. The molecule has 0 aliphatic heterocycles. The van der Waals surface area contributed by atoms with E-state index in [1.807, 2.05) is 6.92 Å². The molecule has 1 unspecified atom stereocenters. The molecule has 1 heterocycles. The fourth-order valence-corrected chi connectivity index (χ4v) is 2.37. The van der Waals surface area contributed by atoms with E-state index in [1.54, 1.807) is 42.6 Å². The first-order valence-electron chi connectivity index (χ1n) is 7.76. The molecule has 25 heavy (non-hydrogen) atoms. The van der Waals surface area contributed by atoms with Gasteiger partial charge in [-0.3, -0.25) is 9.59 Å². The van der Waals surface area contributed by atoms with Crippen LogP contribution in [0.15, 0.2) is 42.6 Å². The number of rotatable bonds is 7. The lowest BCUT2D eigenvalue weighted by Gasteiger charge is -2.19. The van der Waals surface area contributed by atoms with Crippen LogP contribution in [0.25, 0.3) is 0 Å². The highest BCUT2D eigenvalue weighted by molar-refractivity contribution is 6.30. The van der Waals surface area contributed by atoms with Crippen LogP contribution in [0, 0.1) is 0 Å². The lowest BCUT2D eigenvalue weighted by molar-refractivity contribution is -0.141. The number of carbonyl (C=O) groups is 2. The topological polar surface area (TPSA) is 77.5 Å². The average molecular weight is 363 g/mol. The predicted molar refractivity (Wildman–Crippen MR) is 93.7 cm³/mol. The molecule has 2 rings (SSSR count). The van der Waals surface area contributed by atoms with Gasteiger partial charge in [-0.25, -0.2) is 4.98 Å². The van der Waals surface area contributed by atoms with Gasteiger partial charge in [-0.1, -0.05) is 23.7 Å². The van der Waals surface area contributed by atoms with Gasteiger partial charge in [-0.2, -0.15) is 0 Å². The molecule has 0 aliphatic carbocycles. The van der Waals surface area contributed by atoms with Gasteiger partial charge in [0.2, 0.25) is 5.88 Å². The Morgan fingerprint density at radius 1 is 1.24 bits per heavy atom. The van der Waals surface area contributed by atoms with Crippen molar-refractivity contribution in [3.63, 3.8) is 0 Å². The van der Waals surface area contributed by atoms with Crippen molar-refractivity contribution in [3.05, 3.63) is 58.7 Å². The number of hydrogen-bond donors (Lipinski definition) is 1. The van der Waals surface area contributed by atoms with Crippen LogP contribution in [0.4, 0.5) is 0 Å². The minimum absolute atomic E-state index is 0.00585. The van der Waals surface area contributed by atoms with Crippen LogP contribution in [0.2, 0.25) is 5.02 Å². The van der Waals surface area contributed by atoms with Gasteiger partial charge in [0, 0.05) is 11.2 Å². The fraction of sp³-hybridized carbons (Fsp3) is 0.278. The van der Waals surface area contributed by atoms with Crippen LogP contribution in [0.1, 0.15) is 35.3 Å². The molecule has 0 bridgehead atoms. The molecule has 0 saturated heterocycles. The zero-order chi connectivity index (χ0) is 18.2. The van der Waals surface area contributed by atoms with Crippen molar-refractivity contribution in [1.29, 1.82) is 0 Å². The van der Waals surface area contributed by atoms with Gasteiger partial charge in [0.1, 0.15) is 5.56 Å². The van der Waals surface area contributed by atoms with E-state index in [0.717, 1.165) is 5.56 Å². The Kier molecular flexibility index (Phi) is 6.77. The highest BCUT2D eigenvalue weighted by Crippen LogP contribution is 2.22. The van der Waals surface area contributed by atoms with E-state index in [0.29, 0.717) is 17.2 Å². The Balaban J connectivity index is 2.25. The van der Waals surface area contributed by atoms with Crippen molar-refractivity contribution in [1.82, 2.24) is 10.3 Å². The molecule has 0 aliphatic rings. The fourth-order valence-electron chi connectivity index (χ4n) is 2.25. The van der Waals surface area contributed by atoms with E-state index in [1.165, 1.54) is 7.11 Å². The number of benzene rings is 1. The number of nitrogens with zero attached hydrogens (tertiary/aromatic N) is 1. The van der Waals surface area contributed by atoms with E-state index in [9.17, 15) is 9.59 Å². The minimum Gasteiger partial charge on any atom is -0.477 e. The summed E-state index contributed by atoms with van der Waals surface area (Å²) >= 11 is 5.90. The summed E-state index contributed by atoms with van der Waals surface area (Å²) in [5.74, 6) is -0.577. The Morgan fingerprint density at radius 3 is 2.60 bits per heavy atom. The molecule has 2 aromatic rings. The van der Waals surface area contributed by atoms with Crippen molar-refractivity contribution in [3.8, 4) is 5.88 Å². The van der Waals surface area contributed by atoms with Crippen LogP contribution < -0.4 is 10.1 Å². The summed E-state index contributed by atoms with van der Waals surface area (Å²) in [6, 6.07) is 9.60. The van der Waals surface area contributed by atoms with Crippen LogP contribution in [-0.4, -0.2) is 30.6 Å². The Morgan fingerprint density at radius 2 is 1.96 bits per heavy atom. The molecule has 1 N–H and O–H groups in total. The molecule has 0 fully saturated rings. The van der Waals surface area contributed by atoms with Crippen molar-refractivity contribution < 1.29 is 19.1 Å². The summed E-state index contributed by atoms with van der Waals surface area (Å²) in [5.41, 5.74) is 1.04. The molecular weight excluding hydrogens is 344 g/mol. The molecule has 0 spiro atoms. The maximum Gasteiger partial charge on any atom is 0.307 e. The van der Waals surface area contributed by atoms with Gasteiger partial charge < -0.3 is 14.8 Å². The number of ether oxygens (including phenoxy) is 2. The predicted octanol–water partition coefficient (Wildman–Crippen LogP) is 3.17. The highest BCUT2D eigenvalue weighted by Gasteiger charge is 2.22. The number of amides is 1. The Labute approximate surface area is 151 Å². The van der Waals surface area contributed by atoms with Gasteiger partial charge in [-0.15, -0.1) is 0 Å². The number of halogens is 1. The summed E-state index contributed by atoms with van der Waals surface area (Å²) in [7, 11) is 1.30. The first-order chi connectivity index (χ1) is 12.0. The summed E-state index contributed by atoms with van der Waals surface area (Å²) < 4.78 is 10.1.